The van der Waals surface area contributed by atoms with Gasteiger partial charge in [0.1, 0.15) is 82.1 Å². The largest absolute Gasteiger partial charge is 0.497 e. The van der Waals surface area contributed by atoms with Crippen LogP contribution in [0.4, 0.5) is 9.59 Å². The molecule has 11 atom stereocenters. The predicted molar refractivity (Wildman–Crippen MR) is 412 cm³/mol. The van der Waals surface area contributed by atoms with Crippen LogP contribution in [0, 0.1) is 22.7 Å². The lowest BCUT2D eigenvalue weighted by atomic mass is 9.85. The molecule has 0 spiro atoms. The van der Waals surface area contributed by atoms with E-state index in [0.717, 1.165) is 62.5 Å². The quantitative estimate of drug-likeness (QED) is 0.0195. The average molecular weight is 1570 g/mol. The van der Waals surface area contributed by atoms with Crippen LogP contribution in [0.1, 0.15) is 131 Å². The Kier molecular flexibility index (Phi) is 23.5. The van der Waals surface area contributed by atoms with E-state index in [1.165, 1.54) is 22.0 Å². The molecule has 7 fully saturated rings. The van der Waals surface area contributed by atoms with Crippen LogP contribution in [0.2, 0.25) is 0 Å². The lowest BCUT2D eigenvalue weighted by molar-refractivity contribution is -0.142. The number of sulfonamides is 1. The molecule has 2 aromatic heterocycles. The van der Waals surface area contributed by atoms with Gasteiger partial charge in [-0.3, -0.25) is 28.3 Å². The topological polar surface area (TPSA) is 379 Å². The van der Waals surface area contributed by atoms with Crippen LogP contribution < -0.4 is 44.7 Å². The summed E-state index contributed by atoms with van der Waals surface area (Å²) in [5.41, 5.74) is 2.51. The number of nitrogens with one attached hydrogen (secondary N) is 5. The normalized spacial score (nSPS) is 24.5. The second-order valence-corrected chi connectivity index (χ2v) is 38.2. The lowest BCUT2D eigenvalue weighted by Gasteiger charge is -2.35. The van der Waals surface area contributed by atoms with Gasteiger partial charge in [-0.05, 0) is 112 Å². The minimum atomic E-state index is -4.82. The van der Waals surface area contributed by atoms with Crippen LogP contribution in [0.15, 0.2) is 135 Å². The van der Waals surface area contributed by atoms with E-state index in [-0.39, 0.29) is 51.0 Å². The summed E-state index contributed by atoms with van der Waals surface area (Å²) in [7, 11) is -10.6. The number of rotatable bonds is 25. The lowest BCUT2D eigenvalue weighted by Crippen LogP contribution is -2.59. The molecule has 28 nitrogen and oxygen atoms in total. The SMILES string of the molecule is C=C[C@@H]1C[C@]1(NC(=O)[C@@H]1C[C@@H](Oc2cc(-c3ccccc3)nc3cc(OC)ccc23)CN1C(=O)[C@@H](NC(=O)OC1CCCC1)C(C)(C)C)P(=O)(O)NS(=O)(=O)C1CC1.C=C[C@@H]1C[C@]1(NC(=O)[C@@H]1C[C@@H](Oc2cc(-c3ccccc3)nc3cc(OC)ccc23)CN1C(=O)[C@@H](NC(=O)OC1CCCC1)C(C)(C)C)P(=O)(O)O. The van der Waals surface area contributed by atoms with Crippen molar-refractivity contribution in [3.63, 3.8) is 0 Å². The first-order valence-electron chi connectivity index (χ1n) is 37.4. The van der Waals surface area contributed by atoms with Gasteiger partial charge >= 0.3 is 27.3 Å². The molecule has 1 unspecified atom stereocenters. The van der Waals surface area contributed by atoms with Crippen molar-refractivity contribution in [2.75, 3.05) is 27.3 Å². The molecule has 13 rings (SSSR count). The van der Waals surface area contributed by atoms with E-state index in [1.807, 2.05) is 83.4 Å². The maximum atomic E-state index is 14.8. The minimum absolute atomic E-state index is 0.0115. The number of benzene rings is 4. The zero-order valence-corrected chi connectivity index (χ0v) is 65.7. The monoisotopic (exact) mass is 1570 g/mol. The molecule has 110 heavy (non-hydrogen) atoms. The molecule has 5 saturated carbocycles. The number of likely N-dealkylation sites (tertiary alicyclic amines) is 2. The second-order valence-electron chi connectivity index (χ2n) is 31.9. The molecule has 31 heteroatoms. The Balaban J connectivity index is 0.000000206. The van der Waals surface area contributed by atoms with Crippen LogP contribution in [0.5, 0.6) is 23.0 Å². The van der Waals surface area contributed by atoms with Crippen LogP contribution in [0.25, 0.3) is 44.3 Å². The maximum absolute atomic E-state index is 14.8. The van der Waals surface area contributed by atoms with Crippen molar-refractivity contribution in [3.8, 4) is 45.5 Å². The first-order valence-corrected chi connectivity index (χ1v) is 42.2. The zero-order valence-electron chi connectivity index (χ0n) is 63.1. The number of fused-ring (bicyclic) bond motifs is 2. The summed E-state index contributed by atoms with van der Waals surface area (Å²) in [6.45, 7) is 18.0. The molecule has 6 aromatic rings. The van der Waals surface area contributed by atoms with E-state index in [9.17, 15) is 61.0 Å². The van der Waals surface area contributed by atoms with Crippen molar-refractivity contribution in [3.05, 3.63) is 135 Å². The van der Waals surface area contributed by atoms with Gasteiger partial charge in [-0.15, -0.1) is 17.7 Å². The highest BCUT2D eigenvalue weighted by Crippen LogP contribution is 2.69. The van der Waals surface area contributed by atoms with Gasteiger partial charge < -0.3 is 74.2 Å². The second kappa shape index (κ2) is 32.0. The molecule has 8 N–H and O–H groups in total. The van der Waals surface area contributed by atoms with Gasteiger partial charge in [-0.2, -0.15) is 0 Å². The van der Waals surface area contributed by atoms with Gasteiger partial charge in [0.25, 0.3) is 0 Å². The number of carbonyl (C=O) groups excluding carboxylic acids is 6. The van der Waals surface area contributed by atoms with E-state index in [4.69, 9.17) is 38.4 Å². The molecule has 6 amide bonds. The Morgan fingerprint density at radius 3 is 1.31 bits per heavy atom. The van der Waals surface area contributed by atoms with Crippen molar-refractivity contribution in [2.24, 2.45) is 22.7 Å². The molecular formula is C79H99N9O19P2S. The molecule has 2 aliphatic heterocycles. The molecule has 4 aromatic carbocycles. The number of aromatic nitrogens is 2. The Hall–Kier alpha value is -8.95. The van der Waals surface area contributed by atoms with Crippen molar-refractivity contribution in [1.82, 2.24) is 45.5 Å². The third-order valence-corrected chi connectivity index (χ3v) is 28.5. The molecule has 7 aliphatic rings. The fourth-order valence-electron chi connectivity index (χ4n) is 15.2. The van der Waals surface area contributed by atoms with E-state index in [1.54, 1.807) is 86.1 Å². The third kappa shape index (κ3) is 17.7. The number of amides is 6. The number of hydrogen-bond acceptors (Lipinski definition) is 18. The summed E-state index contributed by atoms with van der Waals surface area (Å²) in [5, 5.41) is 7.71. The highest BCUT2D eigenvalue weighted by atomic mass is 32.2. The van der Waals surface area contributed by atoms with E-state index < -0.39 is 136 Å². The molecule has 0 radical (unpaired) electrons. The van der Waals surface area contributed by atoms with Gasteiger partial charge in [0.2, 0.25) is 33.7 Å². The average Bonchev–Trinajstić information content (AvgIpc) is 1.56. The van der Waals surface area contributed by atoms with Gasteiger partial charge in [-0.1, -0.05) is 114 Å². The van der Waals surface area contributed by atoms with E-state index in [0.29, 0.717) is 69.0 Å². The molecular weight excluding hydrogens is 1470 g/mol. The number of hydrogen-bond donors (Lipinski definition) is 8. The van der Waals surface area contributed by atoms with Gasteiger partial charge in [0, 0.05) is 70.8 Å². The van der Waals surface area contributed by atoms with Crippen molar-refractivity contribution in [1.29, 1.82) is 0 Å². The highest BCUT2D eigenvalue weighted by molar-refractivity contribution is 7.96. The number of ether oxygens (including phenoxy) is 6. The third-order valence-electron chi connectivity index (χ3n) is 21.8. The summed E-state index contributed by atoms with van der Waals surface area (Å²) < 4.78 is 89.9. The van der Waals surface area contributed by atoms with E-state index >= 15 is 0 Å². The number of pyridine rings is 2. The summed E-state index contributed by atoms with van der Waals surface area (Å²) in [5.74, 6) is -1.90. The Morgan fingerprint density at radius 1 is 0.564 bits per heavy atom. The fourth-order valence-corrected chi connectivity index (χ4v) is 21.1. The van der Waals surface area contributed by atoms with Gasteiger partial charge in [0.05, 0.1) is 55.0 Å². The first kappa shape index (κ1) is 80.6. The van der Waals surface area contributed by atoms with Crippen LogP contribution >= 0.6 is 15.1 Å². The first-order chi connectivity index (χ1) is 52.1. The van der Waals surface area contributed by atoms with Crippen LogP contribution in [-0.4, -0.2) is 170 Å². The zero-order chi connectivity index (χ0) is 79.0. The summed E-state index contributed by atoms with van der Waals surface area (Å²) in [4.78, 5) is 128. The number of methoxy groups -OCH3 is 2. The Morgan fingerprint density at radius 2 is 0.955 bits per heavy atom. The van der Waals surface area contributed by atoms with E-state index in [2.05, 4.69) is 34.4 Å². The smallest absolute Gasteiger partial charge is 0.408 e. The van der Waals surface area contributed by atoms with Gasteiger partial charge in [-0.25, -0.2) is 28.0 Å². The van der Waals surface area contributed by atoms with Gasteiger partial charge in [0.15, 0.2) is 0 Å². The number of carbonyl (C=O) groups is 6. The summed E-state index contributed by atoms with van der Waals surface area (Å²) in [6, 6.07) is 28.8. The maximum Gasteiger partial charge on any atom is 0.408 e. The summed E-state index contributed by atoms with van der Waals surface area (Å²) in [6.07, 6.45) is 6.82. The number of nitrogens with zero attached hydrogens (tertiary/aromatic N) is 4. The molecule has 2 saturated heterocycles. The van der Waals surface area contributed by atoms with Crippen molar-refractivity contribution in [2.45, 2.75) is 196 Å². The number of alkyl carbamates (subject to hydrolysis) is 2. The minimum Gasteiger partial charge on any atom is -0.497 e. The van der Waals surface area contributed by atoms with Crippen LogP contribution in [0.3, 0.4) is 0 Å². The molecule has 0 bridgehead atoms. The highest BCUT2D eigenvalue weighted by Gasteiger charge is 2.69. The van der Waals surface area contributed by atoms with Crippen molar-refractivity contribution >= 4 is 82.8 Å². The molecule has 5 aliphatic carbocycles. The Labute approximate surface area is 640 Å². The Bertz CT molecular complexity index is 4720. The fraction of sp³-hybridized carbons (Fsp3) is 0.494. The standard InChI is InChI=1S/C41H52N5O10PS.C38H47N4O9P/c1-6-26-23-41(26,57(50,51)45-58(52,53)30-17-18-30)44-37(47)34-21-29(24-46(34)38(48)36(40(2,3)4)43-39(49)56-27-14-10-11-15-27)55-35-22-32(25-12-8-7-9-13-25)42-33-20-28(54-5)16-19-31(33)35;1-6-24-21-38(24,52(46,47)48)41-34(43)31-19-27(22-42(31)35(44)33(37(2,3)4)40-36(45)51-25-14-10-11-15-25)50-32-20-29(23-12-8-7-9-13-23)39-30-18-26(49-5)16-17-28(30)32/h6-9,12-13,16,19-20,22,26-27,29-30,34,36H,1,10-11,14-15,17-18,21,23-24H2,2-5H3,(H,43,49)(H,44,47)(H2,45,50,51);6-9,12-13,16-18,20,24-25,27,31,33H,1,10-11,14-15,19,21-22H2,2-5H3,(H,40,45)(H,41,43)(H2,46,47,48)/t26-,29-,34+,36-,41+;24-,27-,31+,33-,38+/m11/s1. The van der Waals surface area contributed by atoms with Crippen molar-refractivity contribution < 1.29 is 89.4 Å². The molecule has 590 valence electrons. The summed E-state index contributed by atoms with van der Waals surface area (Å²) >= 11 is 0. The molecule has 4 heterocycles. The van der Waals surface area contributed by atoms with Crippen LogP contribution in [-0.2, 0) is 47.8 Å². The predicted octanol–water partition coefficient (Wildman–Crippen LogP) is 11.2.